The van der Waals surface area contributed by atoms with Crippen molar-refractivity contribution in [2.45, 2.75) is 20.4 Å². The fourth-order valence-corrected chi connectivity index (χ4v) is 2.16. The molecule has 2 aromatic carbocycles. The van der Waals surface area contributed by atoms with E-state index in [0.717, 1.165) is 16.7 Å². The molecule has 2 N–H and O–H groups in total. The van der Waals surface area contributed by atoms with Gasteiger partial charge in [0.1, 0.15) is 11.6 Å². The first-order valence-electron chi connectivity index (χ1n) is 7.36. The number of carbonyl (C=O) groups is 1. The quantitative estimate of drug-likeness (QED) is 0.657. The zero-order valence-electron chi connectivity index (χ0n) is 13.3. The van der Waals surface area contributed by atoms with Gasteiger partial charge in [-0.25, -0.2) is 0 Å². The fourth-order valence-electron chi connectivity index (χ4n) is 2.16. The SMILES string of the molecule is Cc1ccc(NC(=O)/C(C#N)=C\NCc2ccccc2)c(C)c1. The number of carbonyl (C=O) groups excluding carboxylic acids is 1. The van der Waals surface area contributed by atoms with Gasteiger partial charge < -0.3 is 10.6 Å². The van der Waals surface area contributed by atoms with Crippen molar-refractivity contribution in [2.24, 2.45) is 0 Å². The van der Waals surface area contributed by atoms with Crippen LogP contribution in [0.25, 0.3) is 0 Å². The lowest BCUT2D eigenvalue weighted by Gasteiger charge is -2.09. The summed E-state index contributed by atoms with van der Waals surface area (Å²) in [5.74, 6) is -0.417. The molecule has 2 aromatic rings. The maximum Gasteiger partial charge on any atom is 0.267 e. The van der Waals surface area contributed by atoms with Crippen molar-refractivity contribution in [2.75, 3.05) is 5.32 Å². The first-order valence-corrected chi connectivity index (χ1v) is 7.36. The van der Waals surface area contributed by atoms with Crippen molar-refractivity contribution >= 4 is 11.6 Å². The average molecular weight is 305 g/mol. The van der Waals surface area contributed by atoms with Crippen LogP contribution in [0.3, 0.4) is 0 Å². The molecule has 0 aromatic heterocycles. The Bertz CT molecular complexity index is 758. The smallest absolute Gasteiger partial charge is 0.267 e. The summed E-state index contributed by atoms with van der Waals surface area (Å²) in [5, 5.41) is 14.9. The van der Waals surface area contributed by atoms with Crippen molar-refractivity contribution in [3.05, 3.63) is 77.0 Å². The van der Waals surface area contributed by atoms with E-state index in [9.17, 15) is 4.79 Å². The van der Waals surface area contributed by atoms with E-state index in [1.54, 1.807) is 0 Å². The third kappa shape index (κ3) is 4.72. The lowest BCUT2D eigenvalue weighted by molar-refractivity contribution is -0.112. The van der Waals surface area contributed by atoms with Crippen molar-refractivity contribution in [3.8, 4) is 6.07 Å². The molecule has 0 spiro atoms. The number of nitriles is 1. The van der Waals surface area contributed by atoms with E-state index in [4.69, 9.17) is 5.26 Å². The molecule has 116 valence electrons. The third-order valence-electron chi connectivity index (χ3n) is 3.39. The Labute approximate surface area is 136 Å². The summed E-state index contributed by atoms with van der Waals surface area (Å²) in [6.07, 6.45) is 1.45. The monoisotopic (exact) mass is 305 g/mol. The topological polar surface area (TPSA) is 64.9 Å². The molecule has 23 heavy (non-hydrogen) atoms. The summed E-state index contributed by atoms with van der Waals surface area (Å²) >= 11 is 0. The molecule has 0 unspecified atom stereocenters. The summed E-state index contributed by atoms with van der Waals surface area (Å²) in [6.45, 7) is 4.47. The highest BCUT2D eigenvalue weighted by Crippen LogP contribution is 2.16. The Morgan fingerprint density at radius 3 is 2.57 bits per heavy atom. The minimum absolute atomic E-state index is 0.0425. The fraction of sp³-hybridized carbons (Fsp3) is 0.158. The first-order chi connectivity index (χ1) is 11.1. The molecule has 0 saturated carbocycles. The van der Waals surface area contributed by atoms with Crippen molar-refractivity contribution < 1.29 is 4.79 Å². The first kappa shape index (κ1) is 16.3. The number of anilines is 1. The van der Waals surface area contributed by atoms with Gasteiger partial charge in [-0.2, -0.15) is 5.26 Å². The minimum atomic E-state index is -0.417. The van der Waals surface area contributed by atoms with E-state index in [1.807, 2.05) is 68.4 Å². The van der Waals surface area contributed by atoms with E-state index in [0.29, 0.717) is 12.2 Å². The van der Waals surface area contributed by atoms with Crippen molar-refractivity contribution in [1.29, 1.82) is 5.26 Å². The van der Waals surface area contributed by atoms with Crippen LogP contribution in [0, 0.1) is 25.2 Å². The molecule has 0 aliphatic rings. The van der Waals surface area contributed by atoms with Crippen LogP contribution in [0.1, 0.15) is 16.7 Å². The van der Waals surface area contributed by atoms with Crippen LogP contribution in [0.4, 0.5) is 5.69 Å². The lowest BCUT2D eigenvalue weighted by atomic mass is 10.1. The molecule has 0 aliphatic carbocycles. The number of hydrogen-bond acceptors (Lipinski definition) is 3. The predicted molar refractivity (Wildman–Crippen MR) is 91.5 cm³/mol. The average Bonchev–Trinajstić information content (AvgIpc) is 2.55. The second-order valence-electron chi connectivity index (χ2n) is 5.31. The van der Waals surface area contributed by atoms with Crippen molar-refractivity contribution in [3.63, 3.8) is 0 Å². The van der Waals surface area contributed by atoms with Crippen LogP contribution in [-0.2, 0) is 11.3 Å². The van der Waals surface area contributed by atoms with E-state index in [1.165, 1.54) is 6.20 Å². The number of nitrogens with zero attached hydrogens (tertiary/aromatic N) is 1. The number of rotatable bonds is 5. The molecule has 0 saturated heterocycles. The highest BCUT2D eigenvalue weighted by Gasteiger charge is 2.10. The molecular formula is C19H19N3O. The molecular weight excluding hydrogens is 286 g/mol. The molecule has 0 fully saturated rings. The van der Waals surface area contributed by atoms with E-state index < -0.39 is 5.91 Å². The van der Waals surface area contributed by atoms with Gasteiger partial charge in [0.2, 0.25) is 0 Å². The highest BCUT2D eigenvalue weighted by atomic mass is 16.1. The van der Waals surface area contributed by atoms with Gasteiger partial charge in [-0.1, -0.05) is 48.0 Å². The maximum absolute atomic E-state index is 12.2. The lowest BCUT2D eigenvalue weighted by Crippen LogP contribution is -2.17. The Kier molecular flexibility index (Phi) is 5.54. The zero-order chi connectivity index (χ0) is 16.7. The van der Waals surface area contributed by atoms with Gasteiger partial charge in [-0.3, -0.25) is 4.79 Å². The van der Waals surface area contributed by atoms with Gasteiger partial charge in [-0.05, 0) is 31.0 Å². The van der Waals surface area contributed by atoms with Gasteiger partial charge in [0, 0.05) is 18.4 Å². The highest BCUT2D eigenvalue weighted by molar-refractivity contribution is 6.06. The normalized spacial score (nSPS) is 10.7. The van der Waals surface area contributed by atoms with Crippen LogP contribution < -0.4 is 10.6 Å². The Morgan fingerprint density at radius 1 is 1.17 bits per heavy atom. The Morgan fingerprint density at radius 2 is 1.91 bits per heavy atom. The maximum atomic E-state index is 12.2. The summed E-state index contributed by atoms with van der Waals surface area (Å²) < 4.78 is 0. The minimum Gasteiger partial charge on any atom is -0.386 e. The molecule has 1 amide bonds. The van der Waals surface area contributed by atoms with Crippen LogP contribution in [0.2, 0.25) is 0 Å². The van der Waals surface area contributed by atoms with Crippen LogP contribution >= 0.6 is 0 Å². The van der Waals surface area contributed by atoms with Gasteiger partial charge >= 0.3 is 0 Å². The summed E-state index contributed by atoms with van der Waals surface area (Å²) in [7, 11) is 0. The van der Waals surface area contributed by atoms with E-state index in [-0.39, 0.29) is 5.57 Å². The molecule has 4 nitrogen and oxygen atoms in total. The Balaban J connectivity index is 2.00. The van der Waals surface area contributed by atoms with Crippen LogP contribution in [0.5, 0.6) is 0 Å². The number of hydrogen-bond donors (Lipinski definition) is 2. The molecule has 0 radical (unpaired) electrons. The third-order valence-corrected chi connectivity index (χ3v) is 3.39. The molecule has 0 aliphatic heterocycles. The molecule has 0 bridgehead atoms. The van der Waals surface area contributed by atoms with Gasteiger partial charge in [0.05, 0.1) is 0 Å². The second-order valence-corrected chi connectivity index (χ2v) is 5.31. The standard InChI is InChI=1S/C19H19N3O/c1-14-8-9-18(15(2)10-14)22-19(23)17(11-20)13-21-12-16-6-4-3-5-7-16/h3-10,13,21H,12H2,1-2H3,(H,22,23)/b17-13-. The summed E-state index contributed by atoms with van der Waals surface area (Å²) in [5.41, 5.74) is 3.93. The summed E-state index contributed by atoms with van der Waals surface area (Å²) in [4.78, 5) is 12.2. The van der Waals surface area contributed by atoms with Gasteiger partial charge in [-0.15, -0.1) is 0 Å². The van der Waals surface area contributed by atoms with E-state index in [2.05, 4.69) is 10.6 Å². The summed E-state index contributed by atoms with van der Waals surface area (Å²) in [6, 6.07) is 17.5. The number of aryl methyl sites for hydroxylation is 2. The molecule has 0 heterocycles. The van der Waals surface area contributed by atoms with Crippen LogP contribution in [-0.4, -0.2) is 5.91 Å². The van der Waals surface area contributed by atoms with E-state index >= 15 is 0 Å². The molecule has 2 rings (SSSR count). The number of amides is 1. The second kappa shape index (κ2) is 7.81. The molecule has 0 atom stereocenters. The van der Waals surface area contributed by atoms with Crippen LogP contribution in [0.15, 0.2) is 60.3 Å². The van der Waals surface area contributed by atoms with Gasteiger partial charge in [0.25, 0.3) is 5.91 Å². The number of benzene rings is 2. The number of nitrogens with one attached hydrogen (secondary N) is 2. The Hall–Kier alpha value is -3.06. The zero-order valence-corrected chi connectivity index (χ0v) is 13.3. The van der Waals surface area contributed by atoms with Crippen molar-refractivity contribution in [1.82, 2.24) is 5.32 Å². The molecule has 4 heteroatoms. The largest absolute Gasteiger partial charge is 0.386 e. The predicted octanol–water partition coefficient (Wildman–Crippen LogP) is 3.44. The van der Waals surface area contributed by atoms with Gasteiger partial charge in [0.15, 0.2) is 0 Å².